The normalized spacial score (nSPS) is 18.3. The zero-order valence-corrected chi connectivity index (χ0v) is 9.83. The van der Waals surface area contributed by atoms with Gasteiger partial charge in [-0.05, 0) is 12.3 Å². The highest BCUT2D eigenvalue weighted by molar-refractivity contribution is 5.90. The van der Waals surface area contributed by atoms with Crippen LogP contribution in [0, 0.1) is 5.92 Å². The third-order valence-electron chi connectivity index (χ3n) is 3.21. The van der Waals surface area contributed by atoms with Crippen molar-refractivity contribution in [3.05, 3.63) is 30.4 Å². The summed E-state index contributed by atoms with van der Waals surface area (Å²) in [6.45, 7) is 1.56. The van der Waals surface area contributed by atoms with Gasteiger partial charge in [-0.1, -0.05) is 0 Å². The van der Waals surface area contributed by atoms with Gasteiger partial charge in [0, 0.05) is 31.9 Å². The molecule has 0 saturated carbocycles. The van der Waals surface area contributed by atoms with E-state index in [4.69, 9.17) is 0 Å². The van der Waals surface area contributed by atoms with Crippen molar-refractivity contribution < 1.29 is 4.79 Å². The molecule has 0 radical (unpaired) electrons. The number of hydrogen-bond acceptors (Lipinski definition) is 4. The first-order valence-electron chi connectivity index (χ1n) is 5.96. The predicted molar refractivity (Wildman–Crippen MR) is 62.8 cm³/mol. The van der Waals surface area contributed by atoms with E-state index in [1.54, 1.807) is 0 Å². The van der Waals surface area contributed by atoms with Crippen LogP contribution in [0.25, 0.3) is 0 Å². The monoisotopic (exact) mass is 246 g/mol. The number of rotatable bonds is 3. The van der Waals surface area contributed by atoms with Crippen LogP contribution in [0.5, 0.6) is 0 Å². The number of imidazole rings is 1. The average molecular weight is 246 g/mol. The fraction of sp³-hybridized carbons (Fsp3) is 0.455. The highest BCUT2D eigenvalue weighted by Gasteiger charge is 2.19. The minimum Gasteiger partial charge on any atom is -0.349 e. The molecule has 0 spiro atoms. The lowest BCUT2D eigenvalue weighted by Crippen LogP contribution is -2.34. The van der Waals surface area contributed by atoms with Gasteiger partial charge in [0.2, 0.25) is 5.82 Å². The van der Waals surface area contributed by atoms with Gasteiger partial charge in [-0.15, -0.1) is 0 Å². The standard InChI is InChI=1S/C11H14N6O/c18-11(10-14-7-15-16-10)13-5-8-1-2-9-12-3-4-17(9)6-8/h3-4,7-8H,1-2,5-6H2,(H,13,18)(H,14,15,16)/t8-/m1/s1. The van der Waals surface area contributed by atoms with E-state index in [0.717, 1.165) is 25.2 Å². The number of aryl methyl sites for hydroxylation is 1. The van der Waals surface area contributed by atoms with E-state index in [1.165, 1.54) is 6.33 Å². The van der Waals surface area contributed by atoms with Gasteiger partial charge in [0.25, 0.3) is 5.91 Å². The first kappa shape index (κ1) is 10.9. The minimum absolute atomic E-state index is 0.205. The quantitative estimate of drug-likeness (QED) is 0.797. The van der Waals surface area contributed by atoms with Crippen LogP contribution < -0.4 is 5.32 Å². The number of aromatic amines is 1. The third-order valence-corrected chi connectivity index (χ3v) is 3.21. The Hall–Kier alpha value is -2.18. The molecule has 0 aliphatic carbocycles. The highest BCUT2D eigenvalue weighted by Crippen LogP contribution is 2.17. The Bertz CT molecular complexity index is 531. The maximum absolute atomic E-state index is 11.7. The summed E-state index contributed by atoms with van der Waals surface area (Å²) in [6, 6.07) is 0. The van der Waals surface area contributed by atoms with Crippen molar-refractivity contribution in [2.24, 2.45) is 5.92 Å². The number of aromatic nitrogens is 5. The number of nitrogens with one attached hydrogen (secondary N) is 2. The summed E-state index contributed by atoms with van der Waals surface area (Å²) in [7, 11) is 0. The number of H-pyrrole nitrogens is 1. The maximum atomic E-state index is 11.7. The van der Waals surface area contributed by atoms with Crippen molar-refractivity contribution in [1.29, 1.82) is 0 Å². The summed E-state index contributed by atoms with van der Waals surface area (Å²) in [6.07, 6.45) is 7.15. The lowest BCUT2D eigenvalue weighted by atomic mass is 9.99. The van der Waals surface area contributed by atoms with E-state index in [1.807, 2.05) is 12.4 Å². The van der Waals surface area contributed by atoms with E-state index < -0.39 is 0 Å². The molecule has 18 heavy (non-hydrogen) atoms. The van der Waals surface area contributed by atoms with Crippen LogP contribution in [0.2, 0.25) is 0 Å². The van der Waals surface area contributed by atoms with Crippen LogP contribution in [0.15, 0.2) is 18.7 Å². The second kappa shape index (κ2) is 4.59. The van der Waals surface area contributed by atoms with Crippen molar-refractivity contribution in [2.75, 3.05) is 6.54 Å². The molecule has 94 valence electrons. The molecule has 0 bridgehead atoms. The fourth-order valence-electron chi connectivity index (χ4n) is 2.24. The Labute approximate surface area is 104 Å². The number of carbonyl (C=O) groups excluding carboxylic acids is 1. The number of amides is 1. The van der Waals surface area contributed by atoms with Crippen LogP contribution in [0.3, 0.4) is 0 Å². The number of carbonyl (C=O) groups is 1. The molecule has 2 aromatic heterocycles. The molecular formula is C11H14N6O. The average Bonchev–Trinajstić information content (AvgIpc) is 3.05. The van der Waals surface area contributed by atoms with Gasteiger partial charge in [-0.2, -0.15) is 5.10 Å². The predicted octanol–water partition coefficient (Wildman–Crippen LogP) is -0.00640. The van der Waals surface area contributed by atoms with Crippen molar-refractivity contribution in [1.82, 2.24) is 30.0 Å². The van der Waals surface area contributed by atoms with Crippen LogP contribution in [0.1, 0.15) is 22.9 Å². The lowest BCUT2D eigenvalue weighted by Gasteiger charge is -2.23. The maximum Gasteiger partial charge on any atom is 0.288 e. The summed E-state index contributed by atoms with van der Waals surface area (Å²) in [5, 5.41) is 9.07. The molecule has 3 heterocycles. The Morgan fingerprint density at radius 1 is 1.56 bits per heavy atom. The first-order valence-corrected chi connectivity index (χ1v) is 5.96. The first-order chi connectivity index (χ1) is 8.83. The Morgan fingerprint density at radius 2 is 2.50 bits per heavy atom. The van der Waals surface area contributed by atoms with E-state index in [9.17, 15) is 4.79 Å². The van der Waals surface area contributed by atoms with Crippen molar-refractivity contribution >= 4 is 5.91 Å². The lowest BCUT2D eigenvalue weighted by molar-refractivity contribution is 0.0933. The second-order valence-corrected chi connectivity index (χ2v) is 4.44. The van der Waals surface area contributed by atoms with Gasteiger partial charge < -0.3 is 9.88 Å². The Balaban J connectivity index is 1.54. The van der Waals surface area contributed by atoms with E-state index in [0.29, 0.717) is 12.5 Å². The molecule has 0 aromatic carbocycles. The van der Waals surface area contributed by atoms with Crippen molar-refractivity contribution in [2.45, 2.75) is 19.4 Å². The molecule has 1 atom stereocenters. The van der Waals surface area contributed by atoms with Crippen molar-refractivity contribution in [3.63, 3.8) is 0 Å². The summed E-state index contributed by atoms with van der Waals surface area (Å²) in [4.78, 5) is 19.8. The molecule has 3 rings (SSSR count). The van der Waals surface area contributed by atoms with Gasteiger partial charge in [-0.3, -0.25) is 9.89 Å². The molecule has 2 N–H and O–H groups in total. The van der Waals surface area contributed by atoms with Crippen LogP contribution >= 0.6 is 0 Å². The summed E-state index contributed by atoms with van der Waals surface area (Å²) < 4.78 is 2.15. The number of nitrogens with zero attached hydrogens (tertiary/aromatic N) is 4. The molecule has 0 unspecified atom stereocenters. The zero-order chi connectivity index (χ0) is 12.4. The van der Waals surface area contributed by atoms with E-state index in [-0.39, 0.29) is 11.7 Å². The Kier molecular flexibility index (Phi) is 2.79. The van der Waals surface area contributed by atoms with Crippen LogP contribution in [-0.4, -0.2) is 37.2 Å². The molecule has 0 saturated heterocycles. The molecule has 0 fully saturated rings. The van der Waals surface area contributed by atoms with Crippen LogP contribution in [-0.2, 0) is 13.0 Å². The van der Waals surface area contributed by atoms with Crippen LogP contribution in [0.4, 0.5) is 0 Å². The molecular weight excluding hydrogens is 232 g/mol. The highest BCUT2D eigenvalue weighted by atomic mass is 16.2. The molecule has 7 heteroatoms. The summed E-state index contributed by atoms with van der Waals surface area (Å²) >= 11 is 0. The molecule has 7 nitrogen and oxygen atoms in total. The smallest absolute Gasteiger partial charge is 0.288 e. The van der Waals surface area contributed by atoms with Gasteiger partial charge in [-0.25, -0.2) is 9.97 Å². The Morgan fingerprint density at radius 3 is 3.33 bits per heavy atom. The summed E-state index contributed by atoms with van der Waals surface area (Å²) in [5.74, 6) is 1.63. The van der Waals surface area contributed by atoms with Gasteiger partial charge in [0.05, 0.1) is 0 Å². The molecule has 2 aromatic rings. The SMILES string of the molecule is O=C(NC[C@H]1CCc2nccn2C1)c1ncn[nH]1. The van der Waals surface area contributed by atoms with Gasteiger partial charge >= 0.3 is 0 Å². The van der Waals surface area contributed by atoms with E-state index >= 15 is 0 Å². The topological polar surface area (TPSA) is 88.5 Å². The molecule has 1 amide bonds. The second-order valence-electron chi connectivity index (χ2n) is 4.44. The number of fused-ring (bicyclic) bond motifs is 1. The molecule has 1 aliphatic rings. The van der Waals surface area contributed by atoms with Gasteiger partial charge in [0.1, 0.15) is 12.2 Å². The fourth-order valence-corrected chi connectivity index (χ4v) is 2.24. The summed E-state index contributed by atoms with van der Waals surface area (Å²) in [5.41, 5.74) is 0. The van der Waals surface area contributed by atoms with E-state index in [2.05, 4.69) is 30.0 Å². The minimum atomic E-state index is -0.205. The number of hydrogen-bond donors (Lipinski definition) is 2. The molecule has 1 aliphatic heterocycles. The van der Waals surface area contributed by atoms with Gasteiger partial charge in [0.15, 0.2) is 0 Å². The largest absolute Gasteiger partial charge is 0.349 e. The van der Waals surface area contributed by atoms with Crippen molar-refractivity contribution in [3.8, 4) is 0 Å². The zero-order valence-electron chi connectivity index (χ0n) is 9.83. The third kappa shape index (κ3) is 2.11.